The van der Waals surface area contributed by atoms with E-state index in [9.17, 15) is 13.2 Å². The minimum Gasteiger partial charge on any atom is -0.350 e. The summed E-state index contributed by atoms with van der Waals surface area (Å²) in [5, 5.41) is 2.86. The minimum atomic E-state index is -4.40. The molecule has 0 bridgehead atoms. The predicted molar refractivity (Wildman–Crippen MR) is 61.3 cm³/mol. The average molecular weight is 276 g/mol. The molecule has 4 nitrogen and oxygen atoms in total. The second kappa shape index (κ2) is 5.85. The van der Waals surface area contributed by atoms with Gasteiger partial charge in [0, 0.05) is 24.9 Å². The Morgan fingerprint density at radius 1 is 1.42 bits per heavy atom. The fraction of sp³-hybridized carbons (Fsp3) is 0.583. The van der Waals surface area contributed by atoms with Gasteiger partial charge in [-0.3, -0.25) is 4.98 Å². The lowest BCUT2D eigenvalue weighted by molar-refractivity contribution is -0.138. The molecule has 19 heavy (non-hydrogen) atoms. The summed E-state index contributed by atoms with van der Waals surface area (Å²) < 4.78 is 49.4. The van der Waals surface area contributed by atoms with Gasteiger partial charge >= 0.3 is 6.18 Å². The lowest BCUT2D eigenvalue weighted by Gasteiger charge is -2.22. The van der Waals surface area contributed by atoms with Crippen molar-refractivity contribution in [3.8, 4) is 0 Å². The highest BCUT2D eigenvalue weighted by Crippen LogP contribution is 2.35. The zero-order valence-corrected chi connectivity index (χ0v) is 10.4. The number of alkyl halides is 3. The summed E-state index contributed by atoms with van der Waals surface area (Å²) in [5.74, 6) is 0. The first kappa shape index (κ1) is 14.2. The summed E-state index contributed by atoms with van der Waals surface area (Å²) in [6, 6.07) is 0.462. The Hall–Kier alpha value is -1.18. The van der Waals surface area contributed by atoms with E-state index >= 15 is 0 Å². The molecule has 0 radical (unpaired) electrons. The summed E-state index contributed by atoms with van der Waals surface area (Å²) in [6.45, 7) is 0.945. The molecular weight excluding hydrogens is 261 g/mol. The number of nitrogens with one attached hydrogen (secondary N) is 1. The highest BCUT2D eigenvalue weighted by atomic mass is 19.4. The van der Waals surface area contributed by atoms with E-state index in [0.29, 0.717) is 19.6 Å². The number of hydrogen-bond acceptors (Lipinski definition) is 4. The van der Waals surface area contributed by atoms with Crippen molar-refractivity contribution in [3.05, 3.63) is 29.6 Å². The van der Waals surface area contributed by atoms with Crippen LogP contribution in [0.2, 0.25) is 0 Å². The molecule has 1 atom stereocenters. The largest absolute Gasteiger partial charge is 0.416 e. The van der Waals surface area contributed by atoms with Crippen molar-refractivity contribution in [2.75, 3.05) is 20.3 Å². The van der Waals surface area contributed by atoms with Crippen LogP contribution in [0.5, 0.6) is 0 Å². The highest BCUT2D eigenvalue weighted by Gasteiger charge is 2.36. The molecule has 0 spiro atoms. The first-order chi connectivity index (χ1) is 9.02. The zero-order chi connectivity index (χ0) is 13.9. The quantitative estimate of drug-likeness (QED) is 0.915. The van der Waals surface area contributed by atoms with Gasteiger partial charge in [-0.2, -0.15) is 13.2 Å². The highest BCUT2D eigenvalue weighted by molar-refractivity contribution is 5.29. The Bertz CT molecular complexity index is 420. The van der Waals surface area contributed by atoms with Gasteiger partial charge in [0.05, 0.1) is 18.8 Å². The second-order valence-electron chi connectivity index (χ2n) is 4.21. The van der Waals surface area contributed by atoms with Crippen LogP contribution >= 0.6 is 0 Å². The maximum atomic E-state index is 12.9. The molecule has 0 saturated carbocycles. The van der Waals surface area contributed by atoms with Crippen molar-refractivity contribution >= 4 is 0 Å². The van der Waals surface area contributed by atoms with Crippen LogP contribution in [0.4, 0.5) is 13.2 Å². The Labute approximate surface area is 108 Å². The van der Waals surface area contributed by atoms with E-state index in [4.69, 9.17) is 9.47 Å². The maximum absolute atomic E-state index is 12.9. The van der Waals surface area contributed by atoms with Crippen molar-refractivity contribution in [3.63, 3.8) is 0 Å². The van der Waals surface area contributed by atoms with Crippen LogP contribution in [0.1, 0.15) is 23.6 Å². The van der Waals surface area contributed by atoms with E-state index in [1.54, 1.807) is 7.05 Å². The van der Waals surface area contributed by atoms with Gasteiger partial charge in [0.15, 0.2) is 6.29 Å². The number of nitrogens with zero attached hydrogens (tertiary/aromatic N) is 1. The van der Waals surface area contributed by atoms with Gasteiger partial charge in [-0.15, -0.1) is 0 Å². The van der Waals surface area contributed by atoms with Crippen molar-refractivity contribution in [1.29, 1.82) is 0 Å². The van der Waals surface area contributed by atoms with Gasteiger partial charge in [0.2, 0.25) is 0 Å². The molecule has 1 N–H and O–H groups in total. The van der Waals surface area contributed by atoms with Crippen molar-refractivity contribution in [2.45, 2.75) is 24.9 Å². The van der Waals surface area contributed by atoms with E-state index < -0.39 is 24.1 Å². The van der Waals surface area contributed by atoms with E-state index in [2.05, 4.69) is 10.3 Å². The molecule has 1 aliphatic rings. The average Bonchev–Trinajstić information content (AvgIpc) is 2.88. The standard InChI is InChI=1S/C12H15F3N2O2/c1-16-10(6-11-18-4-5-19-11)8-7-17-3-2-9(8)12(13,14)15/h2-3,7,10-11,16H,4-6H2,1H3. The molecule has 1 fully saturated rings. The van der Waals surface area contributed by atoms with Gasteiger partial charge in [-0.25, -0.2) is 0 Å². The van der Waals surface area contributed by atoms with Crippen LogP contribution in [-0.4, -0.2) is 31.5 Å². The van der Waals surface area contributed by atoms with Gasteiger partial charge in [-0.1, -0.05) is 0 Å². The Kier molecular flexibility index (Phi) is 4.38. The van der Waals surface area contributed by atoms with Gasteiger partial charge in [0.25, 0.3) is 0 Å². The molecule has 0 aliphatic carbocycles. The van der Waals surface area contributed by atoms with Crippen LogP contribution in [0.15, 0.2) is 18.5 Å². The van der Waals surface area contributed by atoms with Crippen LogP contribution < -0.4 is 5.32 Å². The lowest BCUT2D eigenvalue weighted by Crippen LogP contribution is -2.25. The van der Waals surface area contributed by atoms with E-state index in [0.717, 1.165) is 12.3 Å². The molecule has 7 heteroatoms. The van der Waals surface area contributed by atoms with Gasteiger partial charge < -0.3 is 14.8 Å². The molecule has 1 unspecified atom stereocenters. The lowest BCUT2D eigenvalue weighted by atomic mass is 10.00. The van der Waals surface area contributed by atoms with E-state index in [-0.39, 0.29) is 5.56 Å². The molecule has 1 aromatic heterocycles. The third-order valence-corrected chi connectivity index (χ3v) is 3.00. The molecule has 1 saturated heterocycles. The molecule has 0 aromatic carbocycles. The Balaban J connectivity index is 2.22. The molecule has 1 aromatic rings. The number of rotatable bonds is 4. The second-order valence-corrected chi connectivity index (χ2v) is 4.21. The van der Waals surface area contributed by atoms with E-state index in [1.807, 2.05) is 0 Å². The predicted octanol–water partition coefficient (Wildman–Crippen LogP) is 2.12. The summed E-state index contributed by atoms with van der Waals surface area (Å²) >= 11 is 0. The number of pyridine rings is 1. The molecule has 0 amide bonds. The topological polar surface area (TPSA) is 43.4 Å². The van der Waals surface area contributed by atoms with E-state index in [1.165, 1.54) is 6.20 Å². The monoisotopic (exact) mass is 276 g/mol. The van der Waals surface area contributed by atoms with Crippen LogP contribution in [0, 0.1) is 0 Å². The Morgan fingerprint density at radius 2 is 2.11 bits per heavy atom. The van der Waals surface area contributed by atoms with Crippen LogP contribution in [0.25, 0.3) is 0 Å². The fourth-order valence-corrected chi connectivity index (χ4v) is 2.08. The maximum Gasteiger partial charge on any atom is 0.416 e. The van der Waals surface area contributed by atoms with Crippen molar-refractivity contribution in [2.24, 2.45) is 0 Å². The molecule has 2 rings (SSSR count). The summed E-state index contributed by atoms with van der Waals surface area (Å²) in [7, 11) is 1.60. The van der Waals surface area contributed by atoms with Gasteiger partial charge in [0.1, 0.15) is 0 Å². The first-order valence-corrected chi connectivity index (χ1v) is 5.94. The number of aromatic nitrogens is 1. The number of ether oxygens (including phenoxy) is 2. The molecule has 1 aliphatic heterocycles. The number of halogens is 3. The first-order valence-electron chi connectivity index (χ1n) is 5.94. The zero-order valence-electron chi connectivity index (χ0n) is 10.4. The number of hydrogen-bond donors (Lipinski definition) is 1. The van der Waals surface area contributed by atoms with Crippen LogP contribution in [-0.2, 0) is 15.7 Å². The summed E-state index contributed by atoms with van der Waals surface area (Å²) in [6.07, 6.45) is -2.19. The summed E-state index contributed by atoms with van der Waals surface area (Å²) in [4.78, 5) is 3.78. The third kappa shape index (κ3) is 3.43. The minimum absolute atomic E-state index is 0.108. The normalized spacial score (nSPS) is 18.7. The third-order valence-electron chi connectivity index (χ3n) is 3.00. The van der Waals surface area contributed by atoms with Gasteiger partial charge in [-0.05, 0) is 18.7 Å². The smallest absolute Gasteiger partial charge is 0.350 e. The van der Waals surface area contributed by atoms with Crippen molar-refractivity contribution < 1.29 is 22.6 Å². The molecular formula is C12H15F3N2O2. The molecule has 2 heterocycles. The SMILES string of the molecule is CNC(CC1OCCO1)c1cnccc1C(F)(F)F. The Morgan fingerprint density at radius 3 is 2.68 bits per heavy atom. The van der Waals surface area contributed by atoms with Crippen molar-refractivity contribution in [1.82, 2.24) is 10.3 Å². The van der Waals surface area contributed by atoms with Crippen LogP contribution in [0.3, 0.4) is 0 Å². The fourth-order valence-electron chi connectivity index (χ4n) is 2.08. The molecule has 106 valence electrons. The summed E-state index contributed by atoms with van der Waals surface area (Å²) in [5.41, 5.74) is -0.573.